The Bertz CT molecular complexity index is 132. The summed E-state index contributed by atoms with van der Waals surface area (Å²) in [7, 11) is 3.29. The van der Waals surface area contributed by atoms with Gasteiger partial charge in [0, 0.05) is 6.61 Å². The highest BCUT2D eigenvalue weighted by atomic mass is 16.5. The summed E-state index contributed by atoms with van der Waals surface area (Å²) in [6, 6.07) is 0. The molecule has 0 saturated heterocycles. The van der Waals surface area contributed by atoms with Crippen molar-refractivity contribution in [2.24, 2.45) is 0 Å². The van der Waals surface area contributed by atoms with Crippen LogP contribution in [-0.4, -0.2) is 38.5 Å². The maximum atomic E-state index is 11.2. The molecule has 0 atom stereocenters. The van der Waals surface area contributed by atoms with Crippen molar-refractivity contribution >= 4 is 0 Å². The molecule has 0 spiro atoms. The van der Waals surface area contributed by atoms with Crippen molar-refractivity contribution in [2.75, 3.05) is 33.9 Å². The standard InChI is InChI=1S/C12H27NO2/c1-4-5-6-7-8-9-11-15-12-10-13(2,3)14/h4-12H2,1-3H3. The lowest BCUT2D eigenvalue weighted by Crippen LogP contribution is -2.35. The molecule has 0 aromatic heterocycles. The van der Waals surface area contributed by atoms with E-state index in [-0.39, 0.29) is 4.65 Å². The molecule has 0 bridgehead atoms. The summed E-state index contributed by atoms with van der Waals surface area (Å²) in [6.45, 7) is 4.18. The fourth-order valence-corrected chi connectivity index (χ4v) is 1.37. The van der Waals surface area contributed by atoms with Crippen LogP contribution in [0.15, 0.2) is 0 Å². The normalized spacial score (nSPS) is 12.0. The summed E-state index contributed by atoms with van der Waals surface area (Å²) in [5.41, 5.74) is 0. The topological polar surface area (TPSA) is 32.3 Å². The van der Waals surface area contributed by atoms with Gasteiger partial charge in [0.25, 0.3) is 0 Å². The van der Waals surface area contributed by atoms with Crippen molar-refractivity contribution in [2.45, 2.75) is 45.4 Å². The van der Waals surface area contributed by atoms with Gasteiger partial charge in [-0.2, -0.15) is 0 Å². The lowest BCUT2D eigenvalue weighted by molar-refractivity contribution is -0.840. The molecule has 0 aliphatic carbocycles. The van der Waals surface area contributed by atoms with Crippen LogP contribution >= 0.6 is 0 Å². The van der Waals surface area contributed by atoms with Crippen molar-refractivity contribution in [3.8, 4) is 0 Å². The Labute approximate surface area is 94.6 Å². The summed E-state index contributed by atoms with van der Waals surface area (Å²) >= 11 is 0. The van der Waals surface area contributed by atoms with E-state index in [0.29, 0.717) is 13.2 Å². The molecule has 0 heterocycles. The van der Waals surface area contributed by atoms with Crippen LogP contribution in [0.25, 0.3) is 0 Å². The van der Waals surface area contributed by atoms with Gasteiger partial charge in [-0.3, -0.25) is 0 Å². The maximum absolute atomic E-state index is 11.2. The molecular formula is C12H27NO2. The van der Waals surface area contributed by atoms with Crippen molar-refractivity contribution < 1.29 is 9.38 Å². The Hall–Kier alpha value is -0.120. The molecule has 3 nitrogen and oxygen atoms in total. The van der Waals surface area contributed by atoms with E-state index >= 15 is 0 Å². The Kier molecular flexibility index (Phi) is 9.06. The molecule has 0 aromatic rings. The Morgan fingerprint density at radius 3 is 2.13 bits per heavy atom. The number of rotatable bonds is 10. The minimum absolute atomic E-state index is 0.253. The van der Waals surface area contributed by atoms with Gasteiger partial charge in [0.2, 0.25) is 0 Å². The third kappa shape index (κ3) is 13.9. The van der Waals surface area contributed by atoms with Crippen molar-refractivity contribution in [3.05, 3.63) is 5.21 Å². The summed E-state index contributed by atoms with van der Waals surface area (Å²) in [5, 5.41) is 11.2. The lowest BCUT2D eigenvalue weighted by Gasteiger charge is -2.33. The van der Waals surface area contributed by atoms with E-state index in [4.69, 9.17) is 4.74 Å². The van der Waals surface area contributed by atoms with E-state index in [1.54, 1.807) is 14.1 Å². The molecule has 0 radical (unpaired) electrons. The average Bonchev–Trinajstić information content (AvgIpc) is 2.14. The quantitative estimate of drug-likeness (QED) is 0.320. The molecule has 0 aromatic carbocycles. The fraction of sp³-hybridized carbons (Fsp3) is 1.00. The first kappa shape index (κ1) is 14.9. The average molecular weight is 217 g/mol. The highest BCUT2D eigenvalue weighted by Gasteiger charge is 2.00. The second-order valence-electron chi connectivity index (χ2n) is 4.68. The lowest BCUT2D eigenvalue weighted by atomic mass is 10.1. The van der Waals surface area contributed by atoms with E-state index in [9.17, 15) is 5.21 Å². The largest absolute Gasteiger partial charge is 0.633 e. The summed E-state index contributed by atoms with van der Waals surface area (Å²) < 4.78 is 5.15. The minimum Gasteiger partial charge on any atom is -0.633 e. The molecule has 0 aliphatic rings. The number of ether oxygens (including phenoxy) is 1. The first-order valence-corrected chi connectivity index (χ1v) is 6.18. The number of nitrogens with zero attached hydrogens (tertiary/aromatic N) is 1. The number of unbranched alkanes of at least 4 members (excludes halogenated alkanes) is 5. The van der Waals surface area contributed by atoms with Gasteiger partial charge in [-0.15, -0.1) is 0 Å². The molecule has 15 heavy (non-hydrogen) atoms. The number of likely N-dealkylation sites (N-methyl/N-ethyl adjacent to an activating group) is 1. The van der Waals surface area contributed by atoms with Crippen molar-refractivity contribution in [3.63, 3.8) is 0 Å². The molecule has 0 fully saturated rings. The number of quaternary nitrogens is 1. The first-order chi connectivity index (χ1) is 7.06. The number of hydroxylamine groups is 3. The molecule has 0 saturated carbocycles. The van der Waals surface area contributed by atoms with E-state index in [1.807, 2.05) is 0 Å². The number of hydrogen-bond donors (Lipinski definition) is 0. The van der Waals surface area contributed by atoms with Crippen LogP contribution in [0.5, 0.6) is 0 Å². The zero-order chi connectivity index (χ0) is 11.6. The third-order valence-corrected chi connectivity index (χ3v) is 2.42. The van der Waals surface area contributed by atoms with Crippen LogP contribution in [0.1, 0.15) is 45.4 Å². The third-order valence-electron chi connectivity index (χ3n) is 2.42. The van der Waals surface area contributed by atoms with E-state index in [2.05, 4.69) is 6.92 Å². The van der Waals surface area contributed by atoms with Crippen molar-refractivity contribution in [1.29, 1.82) is 0 Å². The van der Waals surface area contributed by atoms with Gasteiger partial charge in [0.15, 0.2) is 0 Å². The van der Waals surface area contributed by atoms with E-state index < -0.39 is 0 Å². The summed E-state index contributed by atoms with van der Waals surface area (Å²) in [6.07, 6.45) is 7.71. The summed E-state index contributed by atoms with van der Waals surface area (Å²) in [4.78, 5) is 0. The molecule has 0 unspecified atom stereocenters. The predicted molar refractivity (Wildman–Crippen MR) is 64.5 cm³/mol. The maximum Gasteiger partial charge on any atom is 0.102 e. The van der Waals surface area contributed by atoms with Crippen LogP contribution in [0.2, 0.25) is 0 Å². The molecular weight excluding hydrogens is 190 g/mol. The smallest absolute Gasteiger partial charge is 0.102 e. The second-order valence-corrected chi connectivity index (χ2v) is 4.68. The van der Waals surface area contributed by atoms with Gasteiger partial charge in [0.1, 0.15) is 6.54 Å². The van der Waals surface area contributed by atoms with Crippen LogP contribution in [0, 0.1) is 5.21 Å². The van der Waals surface area contributed by atoms with Gasteiger partial charge in [-0.25, -0.2) is 0 Å². The van der Waals surface area contributed by atoms with E-state index in [0.717, 1.165) is 13.0 Å². The SMILES string of the molecule is CCCCCCCCOCC[N+](C)(C)[O-]. The second kappa shape index (κ2) is 9.13. The van der Waals surface area contributed by atoms with Crippen LogP contribution in [0.4, 0.5) is 0 Å². The zero-order valence-electron chi connectivity index (χ0n) is 10.6. The monoisotopic (exact) mass is 217 g/mol. The van der Waals surface area contributed by atoms with Gasteiger partial charge in [-0.1, -0.05) is 39.0 Å². The number of hydrogen-bond acceptors (Lipinski definition) is 2. The van der Waals surface area contributed by atoms with Gasteiger partial charge < -0.3 is 14.6 Å². The molecule has 92 valence electrons. The van der Waals surface area contributed by atoms with Gasteiger partial charge in [0.05, 0.1) is 20.7 Å². The fourth-order valence-electron chi connectivity index (χ4n) is 1.37. The molecule has 0 N–H and O–H groups in total. The summed E-state index contributed by atoms with van der Waals surface area (Å²) in [5.74, 6) is 0. The highest BCUT2D eigenvalue weighted by molar-refractivity contribution is 4.43. The van der Waals surface area contributed by atoms with Gasteiger partial charge >= 0.3 is 0 Å². The Morgan fingerprint density at radius 1 is 0.933 bits per heavy atom. The minimum atomic E-state index is -0.253. The Morgan fingerprint density at radius 2 is 1.53 bits per heavy atom. The predicted octanol–water partition coefficient (Wildman–Crippen LogP) is 2.94. The van der Waals surface area contributed by atoms with Crippen LogP contribution < -0.4 is 0 Å². The zero-order valence-corrected chi connectivity index (χ0v) is 10.6. The molecule has 0 rings (SSSR count). The first-order valence-electron chi connectivity index (χ1n) is 6.18. The van der Waals surface area contributed by atoms with E-state index in [1.165, 1.54) is 32.1 Å². The van der Waals surface area contributed by atoms with Crippen molar-refractivity contribution in [1.82, 2.24) is 0 Å². The van der Waals surface area contributed by atoms with Crippen LogP contribution in [0.3, 0.4) is 0 Å². The van der Waals surface area contributed by atoms with Gasteiger partial charge in [-0.05, 0) is 6.42 Å². The molecule has 0 amide bonds. The molecule has 3 heteroatoms. The highest BCUT2D eigenvalue weighted by Crippen LogP contribution is 2.04. The van der Waals surface area contributed by atoms with Crippen LogP contribution in [-0.2, 0) is 4.74 Å². The Balaban J connectivity index is 2.99. The molecule has 0 aliphatic heterocycles.